The molecule has 0 saturated heterocycles. The zero-order valence-corrected chi connectivity index (χ0v) is 14.4. The molecule has 0 heterocycles. The number of rotatable bonds is 13. The van der Waals surface area contributed by atoms with E-state index in [9.17, 15) is 24.2 Å². The van der Waals surface area contributed by atoms with Gasteiger partial charge in [-0.05, 0) is 6.42 Å². The Bertz CT molecular complexity index is 403. The number of aliphatic hydroxyl groups is 1. The Hall–Kier alpha value is -0.990. The van der Waals surface area contributed by atoms with Crippen molar-refractivity contribution >= 4 is 19.7 Å². The van der Waals surface area contributed by atoms with Crippen molar-refractivity contribution in [3.8, 4) is 0 Å². The van der Waals surface area contributed by atoms with Crippen molar-refractivity contribution in [3.63, 3.8) is 0 Å². The fourth-order valence-electron chi connectivity index (χ4n) is 1.43. The second-order valence-electron chi connectivity index (χ2n) is 4.87. The molecule has 0 aromatic heterocycles. The standard InChI is InChI=1S/C13H26NO8P/c1-3-4-5-6-13(17)20-9-12(16)10-22-23(18,19)21-8-7-14-11(2)15/h12,16H,3-10H2,1-2H3,(H,14,15)(H,18,19). The van der Waals surface area contributed by atoms with E-state index in [1.807, 2.05) is 6.92 Å². The van der Waals surface area contributed by atoms with Crippen molar-refractivity contribution in [2.45, 2.75) is 45.6 Å². The Morgan fingerprint density at radius 2 is 1.91 bits per heavy atom. The molecule has 0 aliphatic carbocycles. The number of aliphatic hydroxyl groups excluding tert-OH is 1. The highest BCUT2D eigenvalue weighted by molar-refractivity contribution is 7.47. The highest BCUT2D eigenvalue weighted by atomic mass is 31.2. The van der Waals surface area contributed by atoms with Crippen LogP contribution in [0.25, 0.3) is 0 Å². The average molecular weight is 355 g/mol. The average Bonchev–Trinajstić information content (AvgIpc) is 2.48. The van der Waals surface area contributed by atoms with Gasteiger partial charge < -0.3 is 20.1 Å². The van der Waals surface area contributed by atoms with Crippen LogP contribution in [0.1, 0.15) is 39.5 Å². The molecule has 0 aliphatic heterocycles. The molecule has 0 spiro atoms. The minimum Gasteiger partial charge on any atom is -0.463 e. The maximum Gasteiger partial charge on any atom is 0.472 e. The number of amides is 1. The van der Waals surface area contributed by atoms with E-state index < -0.39 is 26.5 Å². The molecule has 0 radical (unpaired) electrons. The van der Waals surface area contributed by atoms with Crippen LogP contribution in [0.3, 0.4) is 0 Å². The summed E-state index contributed by atoms with van der Waals surface area (Å²) < 4.78 is 25.4. The third-order valence-corrected chi connectivity index (χ3v) is 3.57. The van der Waals surface area contributed by atoms with Crippen LogP contribution in [0.4, 0.5) is 0 Å². The predicted molar refractivity (Wildman–Crippen MR) is 81.5 cm³/mol. The van der Waals surface area contributed by atoms with Gasteiger partial charge in [0, 0.05) is 19.9 Å². The third kappa shape index (κ3) is 14.3. The van der Waals surface area contributed by atoms with Crippen LogP contribution in [-0.2, 0) is 27.9 Å². The van der Waals surface area contributed by atoms with Crippen molar-refractivity contribution in [1.29, 1.82) is 0 Å². The van der Waals surface area contributed by atoms with E-state index in [1.165, 1.54) is 6.92 Å². The molecule has 10 heteroatoms. The lowest BCUT2D eigenvalue weighted by atomic mass is 10.2. The molecular weight excluding hydrogens is 329 g/mol. The Balaban J connectivity index is 3.80. The number of phosphoric acid groups is 1. The van der Waals surface area contributed by atoms with E-state index in [0.29, 0.717) is 0 Å². The first-order valence-corrected chi connectivity index (χ1v) is 8.96. The molecule has 3 N–H and O–H groups in total. The maximum absolute atomic E-state index is 11.5. The molecule has 0 fully saturated rings. The number of hydrogen-bond acceptors (Lipinski definition) is 7. The molecule has 0 bridgehead atoms. The van der Waals surface area contributed by atoms with E-state index in [0.717, 1.165) is 19.3 Å². The second kappa shape index (κ2) is 12.4. The van der Waals surface area contributed by atoms with Gasteiger partial charge >= 0.3 is 13.8 Å². The van der Waals surface area contributed by atoms with E-state index in [4.69, 9.17) is 4.74 Å². The molecule has 1 amide bonds. The summed E-state index contributed by atoms with van der Waals surface area (Å²) in [6.07, 6.45) is 1.66. The van der Waals surface area contributed by atoms with Crippen LogP contribution in [0.2, 0.25) is 0 Å². The maximum atomic E-state index is 11.5. The summed E-state index contributed by atoms with van der Waals surface area (Å²) in [4.78, 5) is 31.2. The van der Waals surface area contributed by atoms with E-state index in [2.05, 4.69) is 14.4 Å². The number of unbranched alkanes of at least 4 members (excludes halogenated alkanes) is 2. The van der Waals surface area contributed by atoms with Crippen LogP contribution < -0.4 is 5.32 Å². The molecule has 0 aromatic carbocycles. The number of esters is 1. The van der Waals surface area contributed by atoms with Crippen LogP contribution in [0.5, 0.6) is 0 Å². The first-order valence-electron chi connectivity index (χ1n) is 7.47. The Morgan fingerprint density at radius 1 is 1.22 bits per heavy atom. The third-order valence-electron chi connectivity index (χ3n) is 2.58. The number of carbonyl (C=O) groups excluding carboxylic acids is 2. The number of hydrogen-bond donors (Lipinski definition) is 3. The molecule has 0 rings (SSSR count). The summed E-state index contributed by atoms with van der Waals surface area (Å²) in [5.41, 5.74) is 0. The van der Waals surface area contributed by atoms with Crippen molar-refractivity contribution in [2.75, 3.05) is 26.4 Å². The lowest BCUT2D eigenvalue weighted by molar-refractivity contribution is -0.147. The highest BCUT2D eigenvalue weighted by Crippen LogP contribution is 2.42. The molecule has 0 aliphatic rings. The summed E-state index contributed by atoms with van der Waals surface area (Å²) in [7, 11) is -4.33. The molecule has 9 nitrogen and oxygen atoms in total. The van der Waals surface area contributed by atoms with Gasteiger partial charge in [0.2, 0.25) is 5.91 Å². The first kappa shape index (κ1) is 22.0. The fourth-order valence-corrected chi connectivity index (χ4v) is 2.19. The molecule has 2 atom stereocenters. The van der Waals surface area contributed by atoms with Gasteiger partial charge in [0.1, 0.15) is 12.7 Å². The first-order chi connectivity index (χ1) is 10.8. The zero-order chi connectivity index (χ0) is 17.7. The molecule has 2 unspecified atom stereocenters. The molecular formula is C13H26NO8P. The molecule has 0 saturated carbocycles. The second-order valence-corrected chi connectivity index (χ2v) is 6.33. The highest BCUT2D eigenvalue weighted by Gasteiger charge is 2.23. The Labute approximate surface area is 135 Å². The van der Waals surface area contributed by atoms with Gasteiger partial charge in [-0.25, -0.2) is 4.57 Å². The fraction of sp³-hybridized carbons (Fsp3) is 0.846. The summed E-state index contributed by atoms with van der Waals surface area (Å²) in [5, 5.41) is 11.9. The predicted octanol–water partition coefficient (Wildman–Crippen LogP) is 0.740. The van der Waals surface area contributed by atoms with Crippen LogP contribution in [0, 0.1) is 0 Å². The van der Waals surface area contributed by atoms with Gasteiger partial charge in [0.15, 0.2) is 0 Å². The van der Waals surface area contributed by atoms with Gasteiger partial charge in [-0.1, -0.05) is 19.8 Å². The van der Waals surface area contributed by atoms with E-state index in [1.54, 1.807) is 0 Å². The van der Waals surface area contributed by atoms with Crippen molar-refractivity contribution in [3.05, 3.63) is 0 Å². The quantitative estimate of drug-likeness (QED) is 0.250. The van der Waals surface area contributed by atoms with Crippen LogP contribution in [-0.4, -0.2) is 54.3 Å². The topological polar surface area (TPSA) is 131 Å². The number of ether oxygens (including phenoxy) is 1. The van der Waals surface area contributed by atoms with Gasteiger partial charge in [-0.15, -0.1) is 0 Å². The van der Waals surface area contributed by atoms with Crippen molar-refractivity contribution in [2.24, 2.45) is 0 Å². The Morgan fingerprint density at radius 3 is 2.52 bits per heavy atom. The smallest absolute Gasteiger partial charge is 0.463 e. The minimum absolute atomic E-state index is 0.0567. The monoisotopic (exact) mass is 355 g/mol. The van der Waals surface area contributed by atoms with Crippen LogP contribution in [0.15, 0.2) is 0 Å². The lowest BCUT2D eigenvalue weighted by Gasteiger charge is -2.15. The summed E-state index contributed by atoms with van der Waals surface area (Å²) in [6.45, 7) is 2.32. The number of carbonyl (C=O) groups is 2. The van der Waals surface area contributed by atoms with Gasteiger partial charge in [-0.2, -0.15) is 0 Å². The minimum atomic E-state index is -4.33. The SMILES string of the molecule is CCCCCC(=O)OCC(O)COP(=O)(O)OCCNC(C)=O. The summed E-state index contributed by atoms with van der Waals surface area (Å²) in [6, 6.07) is 0. The number of nitrogens with one attached hydrogen (secondary N) is 1. The van der Waals surface area contributed by atoms with E-state index in [-0.39, 0.29) is 32.1 Å². The Kier molecular flexibility index (Phi) is 11.9. The number of phosphoric ester groups is 1. The largest absolute Gasteiger partial charge is 0.472 e. The summed E-state index contributed by atoms with van der Waals surface area (Å²) >= 11 is 0. The molecule has 136 valence electrons. The van der Waals surface area contributed by atoms with E-state index >= 15 is 0 Å². The molecule has 0 aromatic rings. The summed E-state index contributed by atoms with van der Waals surface area (Å²) in [5.74, 6) is -0.727. The van der Waals surface area contributed by atoms with Gasteiger partial charge in [0.05, 0.1) is 13.2 Å². The van der Waals surface area contributed by atoms with Crippen molar-refractivity contribution < 1.29 is 37.9 Å². The van der Waals surface area contributed by atoms with Crippen molar-refractivity contribution in [1.82, 2.24) is 5.32 Å². The van der Waals surface area contributed by atoms with Gasteiger partial charge in [0.25, 0.3) is 0 Å². The zero-order valence-electron chi connectivity index (χ0n) is 13.5. The normalized spacial score (nSPS) is 14.8. The van der Waals surface area contributed by atoms with Crippen LogP contribution >= 0.6 is 7.82 Å². The van der Waals surface area contributed by atoms with Gasteiger partial charge in [-0.3, -0.25) is 18.6 Å². The molecule has 23 heavy (non-hydrogen) atoms. The lowest BCUT2D eigenvalue weighted by Crippen LogP contribution is -2.25.